The van der Waals surface area contributed by atoms with Crippen molar-refractivity contribution in [3.63, 3.8) is 0 Å². The van der Waals surface area contributed by atoms with Gasteiger partial charge >= 0.3 is 0 Å². The molecule has 0 aliphatic heterocycles. The summed E-state index contributed by atoms with van der Waals surface area (Å²) in [5, 5.41) is 3.08. The molecular formula is C21H33NO3. The van der Waals surface area contributed by atoms with Crippen LogP contribution in [0.1, 0.15) is 65.4 Å². The highest BCUT2D eigenvalue weighted by atomic mass is 16.5. The van der Waals surface area contributed by atoms with Crippen LogP contribution in [-0.4, -0.2) is 24.2 Å². The van der Waals surface area contributed by atoms with Crippen molar-refractivity contribution in [2.45, 2.75) is 78.4 Å². The van der Waals surface area contributed by atoms with Crippen LogP contribution in [0.3, 0.4) is 0 Å². The minimum Gasteiger partial charge on any atom is -0.491 e. The standard InChI is InChI=1S/C21H33NO3/c1-6-12-24-21(11-7-8-16(4)14-21)20(23)22-18-9-10-19(17(5)13-18)25-15(2)3/h9-10,13,15-16H,6-8,11-12,14H2,1-5H3,(H,22,23)/t16-,21-/m0/s1. The summed E-state index contributed by atoms with van der Waals surface area (Å²) in [6, 6.07) is 5.80. The highest BCUT2D eigenvalue weighted by molar-refractivity contribution is 5.97. The Morgan fingerprint density at radius 3 is 2.76 bits per heavy atom. The lowest BCUT2D eigenvalue weighted by molar-refractivity contribution is -0.148. The van der Waals surface area contributed by atoms with Crippen LogP contribution in [-0.2, 0) is 9.53 Å². The Bertz CT molecular complexity index is 585. The molecule has 1 N–H and O–H groups in total. The predicted molar refractivity (Wildman–Crippen MR) is 102 cm³/mol. The fraction of sp³-hybridized carbons (Fsp3) is 0.667. The van der Waals surface area contributed by atoms with Gasteiger partial charge in [-0.2, -0.15) is 0 Å². The fourth-order valence-corrected chi connectivity index (χ4v) is 3.56. The monoisotopic (exact) mass is 347 g/mol. The van der Waals surface area contributed by atoms with Gasteiger partial charge in [-0.15, -0.1) is 0 Å². The zero-order chi connectivity index (χ0) is 18.4. The first-order valence-electron chi connectivity index (χ1n) is 9.59. The van der Waals surface area contributed by atoms with Crippen molar-refractivity contribution >= 4 is 11.6 Å². The SMILES string of the molecule is CCCO[C@@]1(C(=O)Nc2ccc(OC(C)C)c(C)c2)CCC[C@H](C)C1. The van der Waals surface area contributed by atoms with Crippen molar-refractivity contribution < 1.29 is 14.3 Å². The first kappa shape index (κ1) is 19.8. The van der Waals surface area contributed by atoms with Gasteiger partial charge in [0, 0.05) is 12.3 Å². The molecule has 0 radical (unpaired) electrons. The summed E-state index contributed by atoms with van der Waals surface area (Å²) < 4.78 is 11.9. The minimum atomic E-state index is -0.686. The molecule has 1 aliphatic carbocycles. The molecule has 1 amide bonds. The van der Waals surface area contributed by atoms with Gasteiger partial charge < -0.3 is 14.8 Å². The summed E-state index contributed by atoms with van der Waals surface area (Å²) in [4.78, 5) is 13.0. The Morgan fingerprint density at radius 1 is 1.40 bits per heavy atom. The smallest absolute Gasteiger partial charge is 0.256 e. The Hall–Kier alpha value is -1.55. The van der Waals surface area contributed by atoms with E-state index in [1.165, 1.54) is 6.42 Å². The quantitative estimate of drug-likeness (QED) is 0.747. The lowest BCUT2D eigenvalue weighted by Gasteiger charge is -2.38. The van der Waals surface area contributed by atoms with Gasteiger partial charge in [0.15, 0.2) is 0 Å². The summed E-state index contributed by atoms with van der Waals surface area (Å²) in [7, 11) is 0. The molecule has 1 fully saturated rings. The first-order chi connectivity index (χ1) is 11.9. The molecular weight excluding hydrogens is 314 g/mol. The molecule has 2 rings (SSSR count). The van der Waals surface area contributed by atoms with E-state index in [4.69, 9.17) is 9.47 Å². The molecule has 0 bridgehead atoms. The van der Waals surface area contributed by atoms with E-state index in [2.05, 4.69) is 19.2 Å². The Kier molecular flexibility index (Phi) is 6.88. The van der Waals surface area contributed by atoms with Crippen LogP contribution in [0.4, 0.5) is 5.69 Å². The summed E-state index contributed by atoms with van der Waals surface area (Å²) >= 11 is 0. The molecule has 1 aliphatic rings. The molecule has 1 aromatic rings. The van der Waals surface area contributed by atoms with Crippen molar-refractivity contribution in [1.29, 1.82) is 0 Å². The lowest BCUT2D eigenvalue weighted by Crippen LogP contribution is -2.48. The molecule has 2 atom stereocenters. The Balaban J connectivity index is 2.13. The van der Waals surface area contributed by atoms with Gasteiger partial charge in [-0.05, 0) is 76.1 Å². The maximum atomic E-state index is 13.0. The third kappa shape index (κ3) is 5.21. The predicted octanol–water partition coefficient (Wildman–Crippen LogP) is 5.10. The van der Waals surface area contributed by atoms with Crippen LogP contribution >= 0.6 is 0 Å². The second-order valence-electron chi connectivity index (χ2n) is 7.65. The first-order valence-corrected chi connectivity index (χ1v) is 9.59. The van der Waals surface area contributed by atoms with E-state index in [0.717, 1.165) is 42.7 Å². The summed E-state index contributed by atoms with van der Waals surface area (Å²) in [6.07, 6.45) is 4.87. The zero-order valence-corrected chi connectivity index (χ0v) is 16.4. The van der Waals surface area contributed by atoms with E-state index in [9.17, 15) is 4.79 Å². The Morgan fingerprint density at radius 2 is 2.16 bits per heavy atom. The van der Waals surface area contributed by atoms with Gasteiger partial charge in [0.2, 0.25) is 0 Å². The van der Waals surface area contributed by atoms with E-state index in [1.807, 2.05) is 39.0 Å². The van der Waals surface area contributed by atoms with Crippen LogP contribution in [0.5, 0.6) is 5.75 Å². The van der Waals surface area contributed by atoms with Crippen LogP contribution in [0, 0.1) is 12.8 Å². The second-order valence-corrected chi connectivity index (χ2v) is 7.65. The molecule has 4 heteroatoms. The maximum Gasteiger partial charge on any atom is 0.256 e. The third-order valence-electron chi connectivity index (χ3n) is 4.75. The van der Waals surface area contributed by atoms with Gasteiger partial charge in [0.25, 0.3) is 5.91 Å². The number of hydrogen-bond donors (Lipinski definition) is 1. The number of hydrogen-bond acceptors (Lipinski definition) is 3. The van der Waals surface area contributed by atoms with E-state index in [0.29, 0.717) is 12.5 Å². The van der Waals surface area contributed by atoms with E-state index >= 15 is 0 Å². The minimum absolute atomic E-state index is 0.00979. The van der Waals surface area contributed by atoms with Gasteiger partial charge in [0.1, 0.15) is 11.4 Å². The van der Waals surface area contributed by atoms with Crippen LogP contribution < -0.4 is 10.1 Å². The van der Waals surface area contributed by atoms with Crippen molar-refractivity contribution in [1.82, 2.24) is 0 Å². The van der Waals surface area contributed by atoms with E-state index < -0.39 is 5.60 Å². The topological polar surface area (TPSA) is 47.6 Å². The third-order valence-corrected chi connectivity index (χ3v) is 4.75. The molecule has 0 spiro atoms. The molecule has 0 unspecified atom stereocenters. The van der Waals surface area contributed by atoms with E-state index in [1.54, 1.807) is 0 Å². The van der Waals surface area contributed by atoms with Crippen molar-refractivity contribution in [2.24, 2.45) is 5.92 Å². The molecule has 0 saturated heterocycles. The molecule has 1 saturated carbocycles. The molecule has 1 aromatic carbocycles. The van der Waals surface area contributed by atoms with Crippen LogP contribution in [0.25, 0.3) is 0 Å². The van der Waals surface area contributed by atoms with Crippen molar-refractivity contribution in [2.75, 3.05) is 11.9 Å². The number of anilines is 1. The van der Waals surface area contributed by atoms with Gasteiger partial charge in [-0.25, -0.2) is 0 Å². The van der Waals surface area contributed by atoms with Gasteiger partial charge in [0.05, 0.1) is 6.10 Å². The number of carbonyl (C=O) groups is 1. The van der Waals surface area contributed by atoms with Crippen molar-refractivity contribution in [3.05, 3.63) is 23.8 Å². The second kappa shape index (κ2) is 8.70. The summed E-state index contributed by atoms with van der Waals surface area (Å²) in [6.45, 7) is 10.9. The number of amides is 1. The molecule has 4 nitrogen and oxygen atoms in total. The number of aryl methyl sites for hydroxylation is 1. The normalized spacial score (nSPS) is 23.5. The van der Waals surface area contributed by atoms with E-state index in [-0.39, 0.29) is 12.0 Å². The molecule has 140 valence electrons. The van der Waals surface area contributed by atoms with Crippen LogP contribution in [0.15, 0.2) is 18.2 Å². The number of nitrogens with one attached hydrogen (secondary N) is 1. The Labute approximate surface area is 152 Å². The number of rotatable bonds is 7. The number of ether oxygens (including phenoxy) is 2. The molecule has 0 aromatic heterocycles. The molecule has 25 heavy (non-hydrogen) atoms. The highest BCUT2D eigenvalue weighted by Crippen LogP contribution is 2.36. The zero-order valence-electron chi connectivity index (χ0n) is 16.4. The largest absolute Gasteiger partial charge is 0.491 e. The maximum absolute atomic E-state index is 13.0. The fourth-order valence-electron chi connectivity index (χ4n) is 3.56. The number of carbonyl (C=O) groups excluding carboxylic acids is 1. The summed E-state index contributed by atoms with van der Waals surface area (Å²) in [5.74, 6) is 1.36. The molecule has 0 heterocycles. The average Bonchev–Trinajstić information content (AvgIpc) is 2.55. The summed E-state index contributed by atoms with van der Waals surface area (Å²) in [5.41, 5.74) is 1.14. The number of benzene rings is 1. The highest BCUT2D eigenvalue weighted by Gasteiger charge is 2.42. The van der Waals surface area contributed by atoms with Gasteiger partial charge in [-0.3, -0.25) is 4.79 Å². The van der Waals surface area contributed by atoms with Crippen LogP contribution in [0.2, 0.25) is 0 Å². The average molecular weight is 347 g/mol. The lowest BCUT2D eigenvalue weighted by atomic mass is 9.78. The van der Waals surface area contributed by atoms with Crippen molar-refractivity contribution in [3.8, 4) is 5.75 Å². The van der Waals surface area contributed by atoms with Gasteiger partial charge in [-0.1, -0.05) is 20.3 Å².